The SMILES string of the molecule is CCn1c(NCCN)nc2scc(-c3cccc(OC)c3)c2c1=O. The molecule has 0 saturated carbocycles. The Labute approximate surface area is 143 Å². The number of anilines is 1. The number of nitrogens with one attached hydrogen (secondary N) is 1. The van der Waals surface area contributed by atoms with Gasteiger partial charge in [-0.05, 0) is 24.6 Å². The van der Waals surface area contributed by atoms with E-state index < -0.39 is 0 Å². The van der Waals surface area contributed by atoms with Gasteiger partial charge in [-0.2, -0.15) is 0 Å². The minimum Gasteiger partial charge on any atom is -0.497 e. The van der Waals surface area contributed by atoms with Gasteiger partial charge in [0.25, 0.3) is 5.56 Å². The first-order chi connectivity index (χ1) is 11.7. The number of hydrogen-bond donors (Lipinski definition) is 2. The number of rotatable bonds is 6. The Morgan fingerprint density at radius 1 is 1.42 bits per heavy atom. The van der Waals surface area contributed by atoms with Crippen molar-refractivity contribution < 1.29 is 4.74 Å². The van der Waals surface area contributed by atoms with E-state index in [4.69, 9.17) is 10.5 Å². The molecule has 0 saturated heterocycles. The highest BCUT2D eigenvalue weighted by Gasteiger charge is 2.16. The van der Waals surface area contributed by atoms with Gasteiger partial charge in [-0.25, -0.2) is 4.98 Å². The third-order valence-electron chi connectivity index (χ3n) is 3.82. The second-order valence-electron chi connectivity index (χ2n) is 5.26. The number of nitrogens with zero attached hydrogens (tertiary/aromatic N) is 2. The molecule has 7 heteroatoms. The van der Waals surface area contributed by atoms with Crippen molar-refractivity contribution in [1.82, 2.24) is 9.55 Å². The van der Waals surface area contributed by atoms with Crippen molar-refractivity contribution in [3.8, 4) is 16.9 Å². The average molecular weight is 344 g/mol. The monoisotopic (exact) mass is 344 g/mol. The maximum absolute atomic E-state index is 13.0. The second-order valence-corrected chi connectivity index (χ2v) is 6.12. The molecule has 0 fully saturated rings. The number of methoxy groups -OCH3 is 1. The van der Waals surface area contributed by atoms with Gasteiger partial charge in [0.1, 0.15) is 10.6 Å². The molecule has 126 valence electrons. The molecule has 0 bridgehead atoms. The van der Waals surface area contributed by atoms with Crippen LogP contribution in [0.25, 0.3) is 21.3 Å². The molecule has 0 amide bonds. The highest BCUT2D eigenvalue weighted by atomic mass is 32.1. The fourth-order valence-electron chi connectivity index (χ4n) is 2.64. The first kappa shape index (κ1) is 16.5. The van der Waals surface area contributed by atoms with Gasteiger partial charge >= 0.3 is 0 Å². The van der Waals surface area contributed by atoms with Crippen LogP contribution in [0.5, 0.6) is 5.75 Å². The Hall–Kier alpha value is -2.38. The van der Waals surface area contributed by atoms with Gasteiger partial charge in [-0.3, -0.25) is 9.36 Å². The van der Waals surface area contributed by atoms with E-state index in [0.29, 0.717) is 31.0 Å². The molecule has 6 nitrogen and oxygen atoms in total. The average Bonchev–Trinajstić information content (AvgIpc) is 3.04. The number of ether oxygens (including phenoxy) is 1. The van der Waals surface area contributed by atoms with Crippen LogP contribution in [0.2, 0.25) is 0 Å². The first-order valence-corrected chi connectivity index (χ1v) is 8.68. The molecule has 0 unspecified atom stereocenters. The molecule has 24 heavy (non-hydrogen) atoms. The van der Waals surface area contributed by atoms with Crippen molar-refractivity contribution in [2.75, 3.05) is 25.5 Å². The van der Waals surface area contributed by atoms with E-state index in [2.05, 4.69) is 10.3 Å². The predicted octanol–water partition coefficient (Wildman–Crippen LogP) is 2.52. The van der Waals surface area contributed by atoms with Crippen LogP contribution in [-0.2, 0) is 6.54 Å². The molecule has 3 rings (SSSR count). The molecule has 2 heterocycles. The van der Waals surface area contributed by atoms with Crippen LogP contribution in [0.15, 0.2) is 34.4 Å². The Balaban J connectivity index is 2.20. The van der Waals surface area contributed by atoms with Crippen LogP contribution in [-0.4, -0.2) is 29.8 Å². The van der Waals surface area contributed by atoms with E-state index in [1.165, 1.54) is 11.3 Å². The lowest BCUT2D eigenvalue weighted by atomic mass is 10.1. The molecule has 0 aliphatic carbocycles. The number of nitrogens with two attached hydrogens (primary N) is 1. The normalized spacial score (nSPS) is 11.0. The van der Waals surface area contributed by atoms with E-state index in [-0.39, 0.29) is 5.56 Å². The van der Waals surface area contributed by atoms with Crippen LogP contribution in [0.4, 0.5) is 5.95 Å². The standard InChI is InChI=1S/C17H20N4O2S/c1-3-21-16(22)14-13(11-5-4-6-12(9-11)23-2)10-24-15(14)20-17(21)19-8-7-18/h4-6,9-10H,3,7-8,18H2,1-2H3,(H,19,20). The van der Waals surface area contributed by atoms with Gasteiger partial charge < -0.3 is 15.8 Å². The van der Waals surface area contributed by atoms with Crippen LogP contribution >= 0.6 is 11.3 Å². The first-order valence-electron chi connectivity index (χ1n) is 7.80. The summed E-state index contributed by atoms with van der Waals surface area (Å²) in [5.74, 6) is 1.33. The van der Waals surface area contributed by atoms with Crippen molar-refractivity contribution in [2.24, 2.45) is 5.73 Å². The van der Waals surface area contributed by atoms with Crippen molar-refractivity contribution >= 4 is 27.5 Å². The van der Waals surface area contributed by atoms with Gasteiger partial charge in [-0.1, -0.05) is 12.1 Å². The van der Waals surface area contributed by atoms with E-state index in [9.17, 15) is 4.79 Å². The maximum Gasteiger partial charge on any atom is 0.264 e. The Morgan fingerprint density at radius 2 is 2.25 bits per heavy atom. The third kappa shape index (κ3) is 2.88. The molecule has 0 atom stereocenters. The molecule has 3 N–H and O–H groups in total. The van der Waals surface area contributed by atoms with Crippen molar-refractivity contribution in [1.29, 1.82) is 0 Å². The minimum absolute atomic E-state index is 0.0407. The predicted molar refractivity (Wildman–Crippen MR) is 99.1 cm³/mol. The lowest BCUT2D eigenvalue weighted by Gasteiger charge is -2.12. The lowest BCUT2D eigenvalue weighted by molar-refractivity contribution is 0.415. The smallest absolute Gasteiger partial charge is 0.264 e. The highest BCUT2D eigenvalue weighted by Crippen LogP contribution is 2.33. The molecular formula is C17H20N4O2S. The number of aromatic nitrogens is 2. The van der Waals surface area contributed by atoms with Gasteiger partial charge in [0, 0.05) is 30.6 Å². The summed E-state index contributed by atoms with van der Waals surface area (Å²) in [6, 6.07) is 7.70. The Bertz CT molecular complexity index is 917. The molecule has 3 aromatic rings. The van der Waals surface area contributed by atoms with Crippen molar-refractivity contribution in [3.05, 3.63) is 40.0 Å². The largest absolute Gasteiger partial charge is 0.497 e. The molecule has 1 aromatic carbocycles. The quantitative estimate of drug-likeness (QED) is 0.718. The number of thiophene rings is 1. The second kappa shape index (κ2) is 7.02. The van der Waals surface area contributed by atoms with E-state index in [1.807, 2.05) is 36.6 Å². The fourth-order valence-corrected chi connectivity index (χ4v) is 3.58. The molecular weight excluding hydrogens is 324 g/mol. The topological polar surface area (TPSA) is 82.2 Å². The summed E-state index contributed by atoms with van der Waals surface area (Å²) in [5.41, 5.74) is 7.34. The summed E-state index contributed by atoms with van der Waals surface area (Å²) in [6.45, 7) is 3.53. The number of hydrogen-bond acceptors (Lipinski definition) is 6. The van der Waals surface area contributed by atoms with Gasteiger partial charge in [-0.15, -0.1) is 11.3 Å². The lowest BCUT2D eigenvalue weighted by Crippen LogP contribution is -2.26. The third-order valence-corrected chi connectivity index (χ3v) is 4.69. The van der Waals surface area contributed by atoms with E-state index in [1.54, 1.807) is 11.7 Å². The van der Waals surface area contributed by atoms with Gasteiger partial charge in [0.15, 0.2) is 0 Å². The summed E-state index contributed by atoms with van der Waals surface area (Å²) in [6.07, 6.45) is 0. The molecule has 0 aliphatic heterocycles. The van der Waals surface area contributed by atoms with Crippen LogP contribution in [0.3, 0.4) is 0 Å². The van der Waals surface area contributed by atoms with E-state index in [0.717, 1.165) is 21.7 Å². The van der Waals surface area contributed by atoms with Crippen LogP contribution < -0.4 is 21.3 Å². The maximum atomic E-state index is 13.0. The Kier molecular flexibility index (Phi) is 4.82. The van der Waals surface area contributed by atoms with Gasteiger partial charge in [0.05, 0.1) is 12.5 Å². The summed E-state index contributed by atoms with van der Waals surface area (Å²) >= 11 is 1.47. The minimum atomic E-state index is -0.0407. The zero-order valence-electron chi connectivity index (χ0n) is 13.7. The molecule has 0 aliphatic rings. The molecule has 2 aromatic heterocycles. The zero-order chi connectivity index (χ0) is 17.1. The van der Waals surface area contributed by atoms with Gasteiger partial charge in [0.2, 0.25) is 5.95 Å². The van der Waals surface area contributed by atoms with Crippen LogP contribution in [0.1, 0.15) is 6.92 Å². The summed E-state index contributed by atoms with van der Waals surface area (Å²) in [5, 5.41) is 5.75. The van der Waals surface area contributed by atoms with Crippen molar-refractivity contribution in [3.63, 3.8) is 0 Å². The molecule has 0 radical (unpaired) electrons. The number of fused-ring (bicyclic) bond motifs is 1. The van der Waals surface area contributed by atoms with Crippen LogP contribution in [0, 0.1) is 0 Å². The summed E-state index contributed by atoms with van der Waals surface area (Å²) in [7, 11) is 1.63. The Morgan fingerprint density at radius 3 is 2.96 bits per heavy atom. The zero-order valence-corrected chi connectivity index (χ0v) is 14.5. The van der Waals surface area contributed by atoms with Crippen molar-refractivity contribution in [2.45, 2.75) is 13.5 Å². The fraction of sp³-hybridized carbons (Fsp3) is 0.294. The number of benzene rings is 1. The molecule has 0 spiro atoms. The summed E-state index contributed by atoms with van der Waals surface area (Å²) < 4.78 is 6.93. The summed E-state index contributed by atoms with van der Waals surface area (Å²) in [4.78, 5) is 18.3. The van der Waals surface area contributed by atoms with E-state index >= 15 is 0 Å². The highest BCUT2D eigenvalue weighted by molar-refractivity contribution is 7.17.